The van der Waals surface area contributed by atoms with Gasteiger partial charge in [-0.3, -0.25) is 4.79 Å². The highest BCUT2D eigenvalue weighted by atomic mass is 16.6. The molecule has 2 unspecified atom stereocenters. The standard InChI is InChI=1S/C13H23NO4/c1-12(2,3)18-11(16)14-9-7-8(10(15)17-6)13(9,4)5/h8-9H,7H2,1-6H3,(H,14,16). The van der Waals surface area contributed by atoms with Gasteiger partial charge in [0.05, 0.1) is 13.0 Å². The Morgan fingerprint density at radius 3 is 2.22 bits per heavy atom. The van der Waals surface area contributed by atoms with Crippen molar-refractivity contribution in [3.8, 4) is 0 Å². The lowest BCUT2D eigenvalue weighted by Gasteiger charge is -2.50. The highest BCUT2D eigenvalue weighted by Gasteiger charge is 2.53. The Balaban J connectivity index is 2.52. The Morgan fingerprint density at radius 1 is 1.28 bits per heavy atom. The molecular formula is C13H23NO4. The molecule has 0 aromatic rings. The van der Waals surface area contributed by atoms with E-state index >= 15 is 0 Å². The smallest absolute Gasteiger partial charge is 0.407 e. The van der Waals surface area contributed by atoms with Crippen LogP contribution in [-0.4, -0.2) is 30.8 Å². The quantitative estimate of drug-likeness (QED) is 0.769. The first-order valence-corrected chi connectivity index (χ1v) is 6.15. The van der Waals surface area contributed by atoms with E-state index < -0.39 is 11.7 Å². The van der Waals surface area contributed by atoms with Crippen molar-refractivity contribution in [1.29, 1.82) is 0 Å². The molecule has 0 aromatic heterocycles. The highest BCUT2D eigenvalue weighted by Crippen LogP contribution is 2.46. The van der Waals surface area contributed by atoms with E-state index in [0.717, 1.165) is 0 Å². The minimum absolute atomic E-state index is 0.0588. The molecule has 5 nitrogen and oxygen atoms in total. The van der Waals surface area contributed by atoms with Crippen LogP contribution in [0.4, 0.5) is 4.79 Å². The van der Waals surface area contributed by atoms with Gasteiger partial charge in [-0.05, 0) is 32.6 Å². The van der Waals surface area contributed by atoms with Gasteiger partial charge in [-0.1, -0.05) is 13.8 Å². The molecule has 104 valence electrons. The molecule has 0 radical (unpaired) electrons. The molecule has 1 N–H and O–H groups in total. The Morgan fingerprint density at radius 2 is 1.83 bits per heavy atom. The monoisotopic (exact) mass is 257 g/mol. The third-order valence-corrected chi connectivity index (χ3v) is 3.44. The first-order chi connectivity index (χ1) is 8.08. The zero-order chi connectivity index (χ0) is 14.1. The molecule has 1 saturated carbocycles. The number of rotatable bonds is 2. The topological polar surface area (TPSA) is 64.6 Å². The Hall–Kier alpha value is -1.26. The molecular weight excluding hydrogens is 234 g/mol. The van der Waals surface area contributed by atoms with Crippen LogP contribution in [0.25, 0.3) is 0 Å². The van der Waals surface area contributed by atoms with Gasteiger partial charge in [0.1, 0.15) is 5.60 Å². The fourth-order valence-corrected chi connectivity index (χ4v) is 2.16. The lowest BCUT2D eigenvalue weighted by atomic mass is 9.58. The maximum atomic E-state index is 11.6. The van der Waals surface area contributed by atoms with Crippen LogP contribution in [0.2, 0.25) is 0 Å². The fraction of sp³-hybridized carbons (Fsp3) is 0.846. The lowest BCUT2D eigenvalue weighted by Crippen LogP contribution is -2.61. The molecule has 1 fully saturated rings. The van der Waals surface area contributed by atoms with Crippen LogP contribution < -0.4 is 5.32 Å². The van der Waals surface area contributed by atoms with Crippen LogP contribution in [0.3, 0.4) is 0 Å². The summed E-state index contributed by atoms with van der Waals surface area (Å²) in [5.74, 6) is -0.385. The van der Waals surface area contributed by atoms with E-state index in [9.17, 15) is 9.59 Å². The Bertz CT molecular complexity index is 343. The minimum atomic E-state index is -0.514. The number of methoxy groups -OCH3 is 1. The number of ether oxygens (including phenoxy) is 2. The number of carbonyl (C=O) groups is 2. The van der Waals surface area contributed by atoms with Crippen molar-refractivity contribution < 1.29 is 19.1 Å². The summed E-state index contributed by atoms with van der Waals surface area (Å²) in [7, 11) is 1.38. The second-order valence-corrected chi connectivity index (χ2v) is 6.33. The van der Waals surface area contributed by atoms with Gasteiger partial charge in [-0.25, -0.2) is 4.79 Å². The summed E-state index contributed by atoms with van der Waals surface area (Å²) in [5.41, 5.74) is -0.816. The molecule has 1 aliphatic rings. The molecule has 0 bridgehead atoms. The predicted molar refractivity (Wildman–Crippen MR) is 67.1 cm³/mol. The minimum Gasteiger partial charge on any atom is -0.469 e. The molecule has 0 aromatic carbocycles. The zero-order valence-electron chi connectivity index (χ0n) is 12.0. The first kappa shape index (κ1) is 14.8. The van der Waals surface area contributed by atoms with Gasteiger partial charge in [-0.15, -0.1) is 0 Å². The molecule has 1 aliphatic carbocycles. The van der Waals surface area contributed by atoms with E-state index in [1.807, 2.05) is 34.6 Å². The maximum absolute atomic E-state index is 11.6. The van der Waals surface area contributed by atoms with Gasteiger partial charge >= 0.3 is 12.1 Å². The molecule has 0 aliphatic heterocycles. The molecule has 18 heavy (non-hydrogen) atoms. The van der Waals surface area contributed by atoms with Crippen molar-refractivity contribution in [3.05, 3.63) is 0 Å². The maximum Gasteiger partial charge on any atom is 0.407 e. The largest absolute Gasteiger partial charge is 0.469 e. The average Bonchev–Trinajstić information content (AvgIpc) is 2.20. The highest BCUT2D eigenvalue weighted by molar-refractivity contribution is 5.76. The van der Waals surface area contributed by atoms with Crippen molar-refractivity contribution in [2.75, 3.05) is 7.11 Å². The normalized spacial score (nSPS) is 25.9. The number of nitrogens with one attached hydrogen (secondary N) is 1. The van der Waals surface area contributed by atoms with Gasteiger partial charge < -0.3 is 14.8 Å². The number of alkyl carbamates (subject to hydrolysis) is 1. The van der Waals surface area contributed by atoms with Crippen LogP contribution in [0, 0.1) is 11.3 Å². The number of carbonyl (C=O) groups excluding carboxylic acids is 2. The van der Waals surface area contributed by atoms with Crippen LogP contribution in [0.15, 0.2) is 0 Å². The summed E-state index contributed by atoms with van der Waals surface area (Å²) in [5, 5.41) is 2.80. The number of esters is 1. The van der Waals surface area contributed by atoms with Gasteiger partial charge in [0.15, 0.2) is 0 Å². The van der Waals surface area contributed by atoms with Crippen molar-refractivity contribution in [2.24, 2.45) is 11.3 Å². The van der Waals surface area contributed by atoms with Gasteiger partial charge in [0.25, 0.3) is 0 Å². The van der Waals surface area contributed by atoms with Gasteiger partial charge in [0.2, 0.25) is 0 Å². The lowest BCUT2D eigenvalue weighted by molar-refractivity contribution is -0.158. The van der Waals surface area contributed by atoms with Crippen LogP contribution in [-0.2, 0) is 14.3 Å². The number of amides is 1. The number of hydrogen-bond acceptors (Lipinski definition) is 4. The molecule has 0 heterocycles. The van der Waals surface area contributed by atoms with E-state index in [0.29, 0.717) is 6.42 Å². The van der Waals surface area contributed by atoms with E-state index in [2.05, 4.69) is 5.32 Å². The van der Waals surface area contributed by atoms with E-state index in [1.54, 1.807) is 0 Å². The van der Waals surface area contributed by atoms with E-state index in [1.165, 1.54) is 7.11 Å². The van der Waals surface area contributed by atoms with E-state index in [4.69, 9.17) is 9.47 Å². The van der Waals surface area contributed by atoms with Crippen molar-refractivity contribution in [2.45, 2.75) is 52.7 Å². The third kappa shape index (κ3) is 3.15. The summed E-state index contributed by atoms with van der Waals surface area (Å²) in [6.07, 6.45) is 0.155. The second-order valence-electron chi connectivity index (χ2n) is 6.33. The fourth-order valence-electron chi connectivity index (χ4n) is 2.16. The zero-order valence-corrected chi connectivity index (χ0v) is 12.0. The summed E-state index contributed by atoms with van der Waals surface area (Å²) >= 11 is 0. The SMILES string of the molecule is COC(=O)C1CC(NC(=O)OC(C)(C)C)C1(C)C. The first-order valence-electron chi connectivity index (χ1n) is 6.15. The van der Waals surface area contributed by atoms with Crippen molar-refractivity contribution in [3.63, 3.8) is 0 Å². The second kappa shape index (κ2) is 4.78. The molecule has 1 amide bonds. The van der Waals surface area contributed by atoms with Crippen molar-refractivity contribution >= 4 is 12.1 Å². The number of hydrogen-bond donors (Lipinski definition) is 1. The molecule has 0 saturated heterocycles. The van der Waals surface area contributed by atoms with Crippen LogP contribution >= 0.6 is 0 Å². The predicted octanol–water partition coefficient (Wildman–Crippen LogP) is 2.10. The van der Waals surface area contributed by atoms with Crippen LogP contribution in [0.1, 0.15) is 41.0 Å². The molecule has 0 spiro atoms. The Kier molecular flexibility index (Phi) is 3.93. The van der Waals surface area contributed by atoms with Gasteiger partial charge in [-0.2, -0.15) is 0 Å². The third-order valence-electron chi connectivity index (χ3n) is 3.44. The average molecular weight is 257 g/mol. The molecule has 2 atom stereocenters. The summed E-state index contributed by atoms with van der Waals surface area (Å²) in [6, 6.07) is -0.0588. The van der Waals surface area contributed by atoms with Crippen LogP contribution in [0.5, 0.6) is 0 Å². The summed E-state index contributed by atoms with van der Waals surface area (Å²) < 4.78 is 9.93. The summed E-state index contributed by atoms with van der Waals surface area (Å²) in [6.45, 7) is 9.33. The summed E-state index contributed by atoms with van der Waals surface area (Å²) in [4.78, 5) is 23.1. The van der Waals surface area contributed by atoms with E-state index in [-0.39, 0.29) is 23.3 Å². The Labute approximate surface area is 108 Å². The van der Waals surface area contributed by atoms with Gasteiger partial charge in [0, 0.05) is 6.04 Å². The molecule has 5 heteroatoms. The van der Waals surface area contributed by atoms with Crippen molar-refractivity contribution in [1.82, 2.24) is 5.32 Å². The molecule has 1 rings (SSSR count).